The number of fused-ring (bicyclic) bond motifs is 1. The van der Waals surface area contributed by atoms with E-state index in [0.29, 0.717) is 40.2 Å². The lowest BCUT2D eigenvalue weighted by Gasteiger charge is -2.15. The van der Waals surface area contributed by atoms with Crippen molar-refractivity contribution in [3.8, 4) is 34.4 Å². The van der Waals surface area contributed by atoms with Gasteiger partial charge in [0.2, 0.25) is 5.88 Å². The van der Waals surface area contributed by atoms with Crippen LogP contribution < -0.4 is 24.3 Å². The molecule has 9 nitrogen and oxygen atoms in total. The molecular formula is C23H22N4O5. The van der Waals surface area contributed by atoms with Crippen molar-refractivity contribution in [3.05, 3.63) is 60.3 Å². The van der Waals surface area contributed by atoms with Crippen LogP contribution in [0.2, 0.25) is 0 Å². The molecule has 164 valence electrons. The molecule has 0 spiro atoms. The minimum atomic E-state index is -0.392. The zero-order chi connectivity index (χ0) is 22.7. The van der Waals surface area contributed by atoms with E-state index in [9.17, 15) is 4.79 Å². The molecule has 2 aromatic carbocycles. The first kappa shape index (κ1) is 21.0. The maximum Gasteiger partial charge on any atom is 0.263 e. The maximum absolute atomic E-state index is 13.1. The van der Waals surface area contributed by atoms with Crippen molar-refractivity contribution < 1.29 is 23.7 Å². The molecule has 0 aliphatic heterocycles. The van der Waals surface area contributed by atoms with Gasteiger partial charge in [0.25, 0.3) is 5.91 Å². The van der Waals surface area contributed by atoms with Crippen LogP contribution in [-0.2, 0) is 0 Å². The summed E-state index contributed by atoms with van der Waals surface area (Å²) in [6.45, 7) is 0. The third kappa shape index (κ3) is 3.87. The summed E-state index contributed by atoms with van der Waals surface area (Å²) in [4.78, 5) is 17.7. The third-order valence-electron chi connectivity index (χ3n) is 4.90. The summed E-state index contributed by atoms with van der Waals surface area (Å²) in [6.07, 6.45) is 1.79. The van der Waals surface area contributed by atoms with Gasteiger partial charge in [-0.3, -0.25) is 4.79 Å². The lowest BCUT2D eigenvalue weighted by molar-refractivity contribution is 0.102. The maximum atomic E-state index is 13.1. The van der Waals surface area contributed by atoms with E-state index in [0.717, 1.165) is 5.56 Å². The number of nitrogens with zero attached hydrogens (tertiary/aromatic N) is 3. The summed E-state index contributed by atoms with van der Waals surface area (Å²) in [5, 5.41) is 7.23. The van der Waals surface area contributed by atoms with Gasteiger partial charge in [0.05, 0.1) is 46.0 Å². The minimum Gasteiger partial charge on any atom is -0.496 e. The average molecular weight is 434 g/mol. The first-order valence-electron chi connectivity index (χ1n) is 9.69. The molecule has 0 saturated carbocycles. The normalized spacial score (nSPS) is 10.6. The van der Waals surface area contributed by atoms with Gasteiger partial charge in [0.15, 0.2) is 5.65 Å². The fourth-order valence-corrected chi connectivity index (χ4v) is 3.34. The number of anilines is 1. The summed E-state index contributed by atoms with van der Waals surface area (Å²) in [7, 11) is 6.09. The van der Waals surface area contributed by atoms with Gasteiger partial charge < -0.3 is 24.3 Å². The van der Waals surface area contributed by atoms with Gasteiger partial charge in [-0.25, -0.2) is 9.50 Å². The topological polar surface area (TPSA) is 96.2 Å². The molecule has 0 fully saturated rings. The molecule has 2 aromatic heterocycles. The van der Waals surface area contributed by atoms with Crippen molar-refractivity contribution in [3.63, 3.8) is 0 Å². The van der Waals surface area contributed by atoms with Gasteiger partial charge in [0, 0.05) is 11.6 Å². The summed E-state index contributed by atoms with van der Waals surface area (Å²) < 4.78 is 22.9. The fraction of sp³-hybridized carbons (Fsp3) is 0.174. The van der Waals surface area contributed by atoms with Crippen LogP contribution in [0.4, 0.5) is 5.69 Å². The molecule has 1 amide bonds. The second kappa shape index (κ2) is 8.84. The van der Waals surface area contributed by atoms with Crippen LogP contribution in [0.1, 0.15) is 10.4 Å². The molecule has 2 heterocycles. The summed E-state index contributed by atoms with van der Waals surface area (Å²) in [5.74, 6) is 1.39. The predicted molar refractivity (Wildman–Crippen MR) is 119 cm³/mol. The van der Waals surface area contributed by atoms with Crippen molar-refractivity contribution in [2.75, 3.05) is 33.8 Å². The van der Waals surface area contributed by atoms with Gasteiger partial charge in [0.1, 0.15) is 22.8 Å². The van der Waals surface area contributed by atoms with E-state index in [1.807, 2.05) is 12.1 Å². The first-order valence-corrected chi connectivity index (χ1v) is 9.69. The van der Waals surface area contributed by atoms with Crippen molar-refractivity contribution >= 4 is 17.2 Å². The van der Waals surface area contributed by atoms with Gasteiger partial charge in [-0.1, -0.05) is 6.07 Å². The Kier molecular flexibility index (Phi) is 5.80. The molecule has 0 unspecified atom stereocenters. The molecule has 32 heavy (non-hydrogen) atoms. The van der Waals surface area contributed by atoms with Gasteiger partial charge in [-0.15, -0.1) is 5.10 Å². The molecule has 1 N–H and O–H groups in total. The molecule has 4 aromatic rings. The van der Waals surface area contributed by atoms with Crippen molar-refractivity contribution in [2.45, 2.75) is 0 Å². The number of nitrogens with one attached hydrogen (secondary N) is 1. The number of ether oxygens (including phenoxy) is 4. The first-order chi connectivity index (χ1) is 15.6. The lowest BCUT2D eigenvalue weighted by Crippen LogP contribution is -2.15. The van der Waals surface area contributed by atoms with E-state index in [2.05, 4.69) is 15.4 Å². The summed E-state index contributed by atoms with van der Waals surface area (Å²) >= 11 is 0. The van der Waals surface area contributed by atoms with Crippen LogP contribution in [0, 0.1) is 0 Å². The molecule has 0 aliphatic rings. The van der Waals surface area contributed by atoms with Gasteiger partial charge in [-0.2, -0.15) is 0 Å². The quantitative estimate of drug-likeness (QED) is 0.474. The number of rotatable bonds is 7. The number of amides is 1. The number of hydrogen-bond donors (Lipinski definition) is 1. The van der Waals surface area contributed by atoms with Crippen LogP contribution in [0.25, 0.3) is 16.9 Å². The zero-order valence-corrected chi connectivity index (χ0v) is 18.1. The molecule has 4 rings (SSSR count). The summed E-state index contributed by atoms with van der Waals surface area (Å²) in [6, 6.07) is 14.1. The predicted octanol–water partition coefficient (Wildman–Crippen LogP) is 3.68. The number of carbonyl (C=O) groups excluding carboxylic acids is 1. The van der Waals surface area contributed by atoms with E-state index in [4.69, 9.17) is 18.9 Å². The van der Waals surface area contributed by atoms with E-state index < -0.39 is 5.91 Å². The molecular weight excluding hydrogens is 412 g/mol. The Hall–Kier alpha value is -4.27. The Bertz CT molecular complexity index is 1260. The highest BCUT2D eigenvalue weighted by molar-refractivity contribution is 6.09. The van der Waals surface area contributed by atoms with Crippen LogP contribution in [0.15, 0.2) is 54.7 Å². The third-order valence-corrected chi connectivity index (χ3v) is 4.90. The van der Waals surface area contributed by atoms with E-state index >= 15 is 0 Å². The second-order valence-electron chi connectivity index (χ2n) is 6.71. The fourth-order valence-electron chi connectivity index (χ4n) is 3.34. The average Bonchev–Trinajstić information content (AvgIpc) is 3.26. The molecule has 0 aliphatic carbocycles. The Balaban J connectivity index is 1.71. The largest absolute Gasteiger partial charge is 0.496 e. The van der Waals surface area contributed by atoms with Crippen LogP contribution in [0.5, 0.6) is 23.1 Å². The SMILES string of the molecule is COc1ccc2nc(-c3ccc(OC)c(NC(=O)c4c(OC)cccc4OC)c3)cn2n1. The molecule has 0 saturated heterocycles. The zero-order valence-electron chi connectivity index (χ0n) is 18.1. The number of hydrogen-bond acceptors (Lipinski definition) is 7. The molecule has 0 bridgehead atoms. The smallest absolute Gasteiger partial charge is 0.263 e. The van der Waals surface area contributed by atoms with Crippen molar-refractivity contribution in [1.82, 2.24) is 14.6 Å². The highest BCUT2D eigenvalue weighted by atomic mass is 16.5. The minimum absolute atomic E-state index is 0.286. The number of aromatic nitrogens is 3. The number of benzene rings is 2. The van der Waals surface area contributed by atoms with E-state index in [1.54, 1.807) is 54.2 Å². The van der Waals surface area contributed by atoms with Gasteiger partial charge in [-0.05, 0) is 36.4 Å². The Morgan fingerprint density at radius 1 is 0.875 bits per heavy atom. The highest BCUT2D eigenvalue weighted by Crippen LogP contribution is 2.33. The molecule has 9 heteroatoms. The van der Waals surface area contributed by atoms with Gasteiger partial charge >= 0.3 is 0 Å². The Morgan fingerprint density at radius 2 is 1.59 bits per heavy atom. The standard InChI is InChI=1S/C23H22N4O5/c1-29-17-9-8-14(16-13-27-20(24-16)10-11-21(26-27)32-4)12-15(17)25-23(28)22-18(30-2)6-5-7-19(22)31-3/h5-13H,1-4H3,(H,25,28). The highest BCUT2D eigenvalue weighted by Gasteiger charge is 2.20. The lowest BCUT2D eigenvalue weighted by atomic mass is 10.1. The monoisotopic (exact) mass is 434 g/mol. The molecule has 0 radical (unpaired) electrons. The van der Waals surface area contributed by atoms with E-state index in [-0.39, 0.29) is 5.56 Å². The number of carbonyl (C=O) groups is 1. The van der Waals surface area contributed by atoms with Crippen LogP contribution >= 0.6 is 0 Å². The van der Waals surface area contributed by atoms with Crippen molar-refractivity contribution in [1.29, 1.82) is 0 Å². The van der Waals surface area contributed by atoms with Crippen LogP contribution in [-0.4, -0.2) is 48.9 Å². The summed E-state index contributed by atoms with van der Waals surface area (Å²) in [5.41, 5.74) is 2.89. The van der Waals surface area contributed by atoms with Crippen LogP contribution in [0.3, 0.4) is 0 Å². The Labute approximate surface area is 184 Å². The van der Waals surface area contributed by atoms with Crippen molar-refractivity contribution in [2.24, 2.45) is 0 Å². The number of methoxy groups -OCH3 is 4. The number of imidazole rings is 1. The van der Waals surface area contributed by atoms with E-state index in [1.165, 1.54) is 21.3 Å². The Morgan fingerprint density at radius 3 is 2.25 bits per heavy atom. The second-order valence-corrected chi connectivity index (χ2v) is 6.71. The molecule has 0 atom stereocenters.